The predicted molar refractivity (Wildman–Crippen MR) is 69.4 cm³/mol. The summed E-state index contributed by atoms with van der Waals surface area (Å²) in [6.07, 6.45) is 1.26. The number of rotatable bonds is 7. The van der Waals surface area contributed by atoms with Gasteiger partial charge in [-0.2, -0.15) is 8.78 Å². The highest BCUT2D eigenvalue weighted by Crippen LogP contribution is 2.31. The Kier molecular flexibility index (Phi) is 6.59. The Labute approximate surface area is 113 Å². The van der Waals surface area contributed by atoms with E-state index in [9.17, 15) is 13.6 Å². The molecule has 1 amide bonds. The predicted octanol–water partition coefficient (Wildman–Crippen LogP) is 2.95. The molecule has 18 heavy (non-hydrogen) atoms. The van der Waals surface area contributed by atoms with Gasteiger partial charge >= 0.3 is 0 Å². The molecule has 0 radical (unpaired) electrons. The van der Waals surface area contributed by atoms with Gasteiger partial charge in [-0.3, -0.25) is 4.79 Å². The van der Waals surface area contributed by atoms with Crippen molar-refractivity contribution in [2.24, 2.45) is 0 Å². The first kappa shape index (κ1) is 15.4. The van der Waals surface area contributed by atoms with Crippen molar-refractivity contribution in [2.75, 3.05) is 6.61 Å². The largest absolute Gasteiger partial charge is 0.396 e. The van der Waals surface area contributed by atoms with Gasteiger partial charge in [0.2, 0.25) is 0 Å². The minimum absolute atomic E-state index is 0.0751. The minimum atomic E-state index is -2.53. The maximum Gasteiger partial charge on any atom is 0.288 e. The number of carbonyl (C=O) groups is 1. The van der Waals surface area contributed by atoms with Crippen molar-refractivity contribution in [1.82, 2.24) is 5.32 Å². The van der Waals surface area contributed by atoms with Crippen LogP contribution in [0.3, 0.4) is 0 Å². The van der Waals surface area contributed by atoms with Crippen LogP contribution in [0.1, 0.15) is 29.4 Å². The van der Waals surface area contributed by atoms with Crippen LogP contribution in [0, 0.1) is 0 Å². The number of halogens is 2. The lowest BCUT2D eigenvalue weighted by atomic mass is 10.2. The fourth-order valence-electron chi connectivity index (χ4n) is 1.41. The van der Waals surface area contributed by atoms with Crippen LogP contribution in [0.2, 0.25) is 0 Å². The average Bonchev–Trinajstić information content (AvgIpc) is 2.73. The Balaban J connectivity index is 2.58. The van der Waals surface area contributed by atoms with E-state index >= 15 is 0 Å². The average molecular weight is 295 g/mol. The van der Waals surface area contributed by atoms with Gasteiger partial charge in [0.15, 0.2) is 0 Å². The molecule has 1 aromatic heterocycles. The van der Waals surface area contributed by atoms with Gasteiger partial charge < -0.3 is 10.4 Å². The molecule has 0 saturated heterocycles. The Morgan fingerprint density at radius 1 is 1.61 bits per heavy atom. The van der Waals surface area contributed by atoms with Crippen molar-refractivity contribution in [2.45, 2.75) is 36.5 Å². The zero-order valence-electron chi connectivity index (χ0n) is 9.86. The van der Waals surface area contributed by atoms with Gasteiger partial charge in [-0.05, 0) is 31.2 Å². The highest BCUT2D eigenvalue weighted by atomic mass is 32.2. The number of carbonyl (C=O) groups excluding carboxylic acids is 1. The molecule has 0 bridgehead atoms. The number of aliphatic hydroxyl groups is 1. The number of nitrogens with one attached hydrogen (secondary N) is 1. The molecule has 102 valence electrons. The van der Waals surface area contributed by atoms with Gasteiger partial charge in [0.05, 0.1) is 0 Å². The number of thiophene rings is 1. The molecule has 0 aromatic carbocycles. The van der Waals surface area contributed by atoms with Crippen LogP contribution >= 0.6 is 23.1 Å². The first-order valence-corrected chi connectivity index (χ1v) is 7.24. The molecule has 1 heterocycles. The van der Waals surface area contributed by atoms with Crippen molar-refractivity contribution in [1.29, 1.82) is 0 Å². The van der Waals surface area contributed by atoms with Crippen LogP contribution in [0.5, 0.6) is 0 Å². The van der Waals surface area contributed by atoms with Crippen LogP contribution in [-0.4, -0.2) is 29.4 Å². The van der Waals surface area contributed by atoms with Crippen LogP contribution in [-0.2, 0) is 0 Å². The molecular weight excluding hydrogens is 280 g/mol. The van der Waals surface area contributed by atoms with Crippen LogP contribution < -0.4 is 5.32 Å². The monoisotopic (exact) mass is 295 g/mol. The molecule has 0 aliphatic heterocycles. The molecule has 0 saturated carbocycles. The molecule has 0 aliphatic carbocycles. The number of thioether (sulfide) groups is 1. The molecule has 7 heteroatoms. The molecule has 0 fully saturated rings. The van der Waals surface area contributed by atoms with E-state index in [1.807, 2.05) is 6.92 Å². The molecule has 1 aromatic rings. The lowest BCUT2D eigenvalue weighted by molar-refractivity contribution is 0.0938. The van der Waals surface area contributed by atoms with Crippen LogP contribution in [0.15, 0.2) is 16.3 Å². The number of alkyl halides is 2. The highest BCUT2D eigenvalue weighted by molar-refractivity contribution is 7.99. The zero-order valence-corrected chi connectivity index (χ0v) is 11.5. The van der Waals surface area contributed by atoms with Crippen molar-refractivity contribution in [3.8, 4) is 0 Å². The van der Waals surface area contributed by atoms with Crippen LogP contribution in [0.25, 0.3) is 0 Å². The second-order valence-corrected chi connectivity index (χ2v) is 5.68. The quantitative estimate of drug-likeness (QED) is 0.760. The van der Waals surface area contributed by atoms with Gasteiger partial charge in [0.25, 0.3) is 11.7 Å². The van der Waals surface area contributed by atoms with Gasteiger partial charge in [-0.1, -0.05) is 11.8 Å². The fraction of sp³-hybridized carbons (Fsp3) is 0.545. The number of hydrogen-bond acceptors (Lipinski definition) is 4. The van der Waals surface area contributed by atoms with Crippen molar-refractivity contribution < 1.29 is 18.7 Å². The third-order valence-corrected chi connectivity index (χ3v) is 4.04. The van der Waals surface area contributed by atoms with Gasteiger partial charge in [-0.15, -0.1) is 11.3 Å². The smallest absolute Gasteiger partial charge is 0.288 e. The van der Waals surface area contributed by atoms with E-state index in [2.05, 4.69) is 5.32 Å². The van der Waals surface area contributed by atoms with Crippen molar-refractivity contribution >= 4 is 29.0 Å². The molecule has 0 spiro atoms. The second-order valence-electron chi connectivity index (χ2n) is 3.73. The van der Waals surface area contributed by atoms with E-state index in [1.54, 1.807) is 5.38 Å². The summed E-state index contributed by atoms with van der Waals surface area (Å²) >= 11 is 1.53. The lowest BCUT2D eigenvalue weighted by Crippen LogP contribution is -2.32. The molecule has 1 unspecified atom stereocenters. The van der Waals surface area contributed by atoms with Crippen LogP contribution in [0.4, 0.5) is 8.78 Å². The number of aliphatic hydroxyl groups excluding tert-OH is 1. The van der Waals surface area contributed by atoms with Gasteiger partial charge in [0, 0.05) is 17.5 Å². The summed E-state index contributed by atoms with van der Waals surface area (Å²) in [4.78, 5) is 12.5. The van der Waals surface area contributed by atoms with Gasteiger partial charge in [0.1, 0.15) is 4.88 Å². The summed E-state index contributed by atoms with van der Waals surface area (Å²) < 4.78 is 24.6. The molecule has 2 N–H and O–H groups in total. The standard InChI is InChI=1S/C11H15F2NO2S2/c1-7(3-2-5-15)14-10(16)9-8(4-6-17-9)18-11(12)13/h4,6-7,11,15H,2-3,5H2,1H3,(H,14,16). The minimum Gasteiger partial charge on any atom is -0.396 e. The maximum atomic E-state index is 12.3. The first-order chi connectivity index (χ1) is 8.54. The zero-order chi connectivity index (χ0) is 13.5. The summed E-state index contributed by atoms with van der Waals surface area (Å²) in [5.74, 6) is -2.86. The van der Waals surface area contributed by atoms with Crippen molar-refractivity contribution in [3.63, 3.8) is 0 Å². The molecule has 1 atom stereocenters. The molecule has 3 nitrogen and oxygen atoms in total. The number of amides is 1. The summed E-state index contributed by atoms with van der Waals surface area (Å²) in [7, 11) is 0. The second kappa shape index (κ2) is 7.70. The molecule has 1 rings (SSSR count). The topological polar surface area (TPSA) is 49.3 Å². The Morgan fingerprint density at radius 3 is 2.94 bits per heavy atom. The van der Waals surface area contributed by atoms with Gasteiger partial charge in [-0.25, -0.2) is 0 Å². The lowest BCUT2D eigenvalue weighted by Gasteiger charge is -2.13. The Hall–Kier alpha value is -0.660. The maximum absolute atomic E-state index is 12.3. The first-order valence-electron chi connectivity index (χ1n) is 5.48. The SMILES string of the molecule is CC(CCCO)NC(=O)c1sccc1SC(F)F. The third-order valence-electron chi connectivity index (χ3n) is 2.22. The normalized spacial score (nSPS) is 12.7. The van der Waals surface area contributed by atoms with E-state index in [-0.39, 0.29) is 18.6 Å². The molecular formula is C11H15F2NO2S2. The van der Waals surface area contributed by atoms with E-state index in [0.717, 1.165) is 11.3 Å². The summed E-state index contributed by atoms with van der Waals surface area (Å²) in [5.41, 5.74) is 0. The Bertz CT molecular complexity index is 385. The van der Waals surface area contributed by atoms with E-state index in [4.69, 9.17) is 5.11 Å². The number of hydrogen-bond donors (Lipinski definition) is 2. The van der Waals surface area contributed by atoms with Crippen molar-refractivity contribution in [3.05, 3.63) is 16.3 Å². The summed E-state index contributed by atoms with van der Waals surface area (Å²) in [6, 6.07) is 1.44. The Morgan fingerprint density at radius 2 is 2.33 bits per heavy atom. The third kappa shape index (κ3) is 4.91. The molecule has 0 aliphatic rings. The summed E-state index contributed by atoms with van der Waals surface area (Å²) in [5, 5.41) is 13.0. The van der Waals surface area contributed by atoms with E-state index in [1.165, 1.54) is 6.07 Å². The van der Waals surface area contributed by atoms with E-state index in [0.29, 0.717) is 34.4 Å². The summed E-state index contributed by atoms with van der Waals surface area (Å²) in [6.45, 7) is 1.90. The highest BCUT2D eigenvalue weighted by Gasteiger charge is 2.18. The van der Waals surface area contributed by atoms with E-state index < -0.39 is 5.76 Å². The fourth-order valence-corrected chi connectivity index (χ4v) is 3.01.